The van der Waals surface area contributed by atoms with Gasteiger partial charge in [-0.1, -0.05) is 15.9 Å². The van der Waals surface area contributed by atoms with Crippen LogP contribution in [0, 0.1) is 0 Å². The maximum Gasteiger partial charge on any atom is 0.331 e. The molecule has 0 saturated carbocycles. The van der Waals surface area contributed by atoms with Gasteiger partial charge in [0.15, 0.2) is 0 Å². The number of hydrogen-bond donors (Lipinski definition) is 1. The molecule has 0 heterocycles. The van der Waals surface area contributed by atoms with E-state index < -0.39 is 12.1 Å². The van der Waals surface area contributed by atoms with E-state index in [0.29, 0.717) is 4.48 Å². The van der Waals surface area contributed by atoms with Gasteiger partial charge in [-0.25, -0.2) is 4.79 Å². The van der Waals surface area contributed by atoms with Crippen LogP contribution in [0.2, 0.25) is 0 Å². The summed E-state index contributed by atoms with van der Waals surface area (Å²) in [5.74, 6) is -0.479. The molecule has 0 amide bonds. The molecule has 3 nitrogen and oxygen atoms in total. The molecule has 4 heteroatoms. The molecule has 58 valence electrons. The molecule has 0 aromatic carbocycles. The van der Waals surface area contributed by atoms with Crippen molar-refractivity contribution in [2.45, 2.75) is 13.0 Å². The highest BCUT2D eigenvalue weighted by molar-refractivity contribution is 9.11. The largest absolute Gasteiger partial charge is 0.466 e. The molecule has 0 fully saturated rings. The molecule has 0 rings (SSSR count). The second-order valence-electron chi connectivity index (χ2n) is 1.73. The second-order valence-corrected chi connectivity index (χ2v) is 2.64. The van der Waals surface area contributed by atoms with Gasteiger partial charge in [0, 0.05) is 10.6 Å². The van der Waals surface area contributed by atoms with Gasteiger partial charge in [-0.3, -0.25) is 0 Å². The summed E-state index contributed by atoms with van der Waals surface area (Å²) in [4.78, 5) is 10.5. The van der Waals surface area contributed by atoms with E-state index in [9.17, 15) is 4.79 Å². The zero-order valence-electron chi connectivity index (χ0n) is 5.80. The van der Waals surface area contributed by atoms with Crippen molar-refractivity contribution in [2.75, 3.05) is 7.11 Å². The summed E-state index contributed by atoms with van der Waals surface area (Å²) in [6.45, 7) is 1.55. The SMILES string of the molecule is COC(=O)/C=C(\Br)C(C)O. The van der Waals surface area contributed by atoms with Crippen LogP contribution in [0.3, 0.4) is 0 Å². The molecule has 0 aliphatic heterocycles. The number of halogens is 1. The van der Waals surface area contributed by atoms with Crippen molar-refractivity contribution >= 4 is 21.9 Å². The molecule has 0 aliphatic rings. The van der Waals surface area contributed by atoms with E-state index in [-0.39, 0.29) is 0 Å². The highest BCUT2D eigenvalue weighted by Crippen LogP contribution is 2.09. The van der Waals surface area contributed by atoms with Crippen LogP contribution in [0.15, 0.2) is 10.6 Å². The van der Waals surface area contributed by atoms with Crippen LogP contribution < -0.4 is 0 Å². The normalized spacial score (nSPS) is 14.6. The Morgan fingerprint density at radius 3 is 2.60 bits per heavy atom. The van der Waals surface area contributed by atoms with E-state index >= 15 is 0 Å². The fraction of sp³-hybridized carbons (Fsp3) is 0.500. The zero-order chi connectivity index (χ0) is 8.15. The first-order valence-electron chi connectivity index (χ1n) is 2.71. The number of esters is 1. The Morgan fingerprint density at radius 2 is 2.30 bits per heavy atom. The second kappa shape index (κ2) is 4.46. The maximum atomic E-state index is 10.5. The number of aliphatic hydroxyl groups excluding tert-OH is 1. The monoisotopic (exact) mass is 208 g/mol. The van der Waals surface area contributed by atoms with E-state index in [1.54, 1.807) is 6.92 Å². The predicted octanol–water partition coefficient (Wildman–Crippen LogP) is 0.819. The first kappa shape index (κ1) is 9.65. The number of methoxy groups -OCH3 is 1. The third-order valence-corrected chi connectivity index (χ3v) is 1.75. The summed E-state index contributed by atoms with van der Waals surface area (Å²) < 4.78 is 4.73. The third-order valence-electron chi connectivity index (χ3n) is 0.856. The van der Waals surface area contributed by atoms with E-state index in [1.807, 2.05) is 0 Å². The van der Waals surface area contributed by atoms with Crippen LogP contribution in [-0.2, 0) is 9.53 Å². The van der Waals surface area contributed by atoms with Crippen LogP contribution in [0.1, 0.15) is 6.92 Å². The lowest BCUT2D eigenvalue weighted by molar-refractivity contribution is -0.134. The molecule has 0 radical (unpaired) electrons. The molecule has 1 unspecified atom stereocenters. The minimum Gasteiger partial charge on any atom is -0.466 e. The number of carbonyl (C=O) groups is 1. The van der Waals surface area contributed by atoms with E-state index in [0.717, 1.165) is 0 Å². The molecule has 1 atom stereocenters. The first-order chi connectivity index (χ1) is 4.57. The van der Waals surface area contributed by atoms with Crippen LogP contribution in [0.25, 0.3) is 0 Å². The van der Waals surface area contributed by atoms with Gasteiger partial charge >= 0.3 is 5.97 Å². The van der Waals surface area contributed by atoms with Crippen LogP contribution in [-0.4, -0.2) is 24.3 Å². The smallest absolute Gasteiger partial charge is 0.331 e. The topological polar surface area (TPSA) is 46.5 Å². The highest BCUT2D eigenvalue weighted by Gasteiger charge is 2.02. The summed E-state index contributed by atoms with van der Waals surface area (Å²) in [5, 5.41) is 8.84. The highest BCUT2D eigenvalue weighted by atomic mass is 79.9. The Bertz CT molecular complexity index is 151. The number of rotatable bonds is 2. The molecule has 0 aromatic heterocycles. The lowest BCUT2D eigenvalue weighted by Crippen LogP contribution is -2.03. The fourth-order valence-corrected chi connectivity index (χ4v) is 0.479. The van der Waals surface area contributed by atoms with Gasteiger partial charge in [0.1, 0.15) is 0 Å². The van der Waals surface area contributed by atoms with Crippen molar-refractivity contribution in [1.82, 2.24) is 0 Å². The fourth-order valence-electron chi connectivity index (χ4n) is 0.292. The Kier molecular flexibility index (Phi) is 4.31. The van der Waals surface area contributed by atoms with Gasteiger partial charge in [0.2, 0.25) is 0 Å². The van der Waals surface area contributed by atoms with Gasteiger partial charge in [0.25, 0.3) is 0 Å². The summed E-state index contributed by atoms with van der Waals surface area (Å²) >= 11 is 2.99. The van der Waals surface area contributed by atoms with E-state index in [4.69, 9.17) is 5.11 Å². The molecule has 1 N–H and O–H groups in total. The lowest BCUT2D eigenvalue weighted by Gasteiger charge is -1.99. The number of carbonyl (C=O) groups excluding carboxylic acids is 1. The number of ether oxygens (including phenoxy) is 1. The van der Waals surface area contributed by atoms with Gasteiger partial charge in [-0.2, -0.15) is 0 Å². The molecule has 0 saturated heterocycles. The standard InChI is InChI=1S/C6H9BrO3/c1-4(8)5(7)3-6(9)10-2/h3-4,8H,1-2H3/b5-3-. The summed E-state index contributed by atoms with van der Waals surface area (Å²) in [6.07, 6.45) is 0.518. The Labute approximate surface area is 67.8 Å². The number of hydrogen-bond acceptors (Lipinski definition) is 3. The lowest BCUT2D eigenvalue weighted by atomic mass is 10.3. The quantitative estimate of drug-likeness (QED) is 0.540. The van der Waals surface area contributed by atoms with Crippen molar-refractivity contribution in [3.05, 3.63) is 10.6 Å². The van der Waals surface area contributed by atoms with Crippen LogP contribution in [0.5, 0.6) is 0 Å². The zero-order valence-corrected chi connectivity index (χ0v) is 7.38. The van der Waals surface area contributed by atoms with E-state index in [1.165, 1.54) is 13.2 Å². The maximum absolute atomic E-state index is 10.5. The predicted molar refractivity (Wildman–Crippen MR) is 40.7 cm³/mol. The Hall–Kier alpha value is -0.350. The molecular formula is C6H9BrO3. The van der Waals surface area contributed by atoms with Crippen LogP contribution >= 0.6 is 15.9 Å². The van der Waals surface area contributed by atoms with Gasteiger partial charge in [-0.05, 0) is 6.92 Å². The van der Waals surface area contributed by atoms with Crippen molar-refractivity contribution in [3.8, 4) is 0 Å². The number of aliphatic hydroxyl groups is 1. The molecule has 0 bridgehead atoms. The Morgan fingerprint density at radius 1 is 1.80 bits per heavy atom. The summed E-state index contributed by atoms with van der Waals surface area (Å²) in [7, 11) is 1.28. The third kappa shape index (κ3) is 3.63. The van der Waals surface area contributed by atoms with Crippen molar-refractivity contribution in [1.29, 1.82) is 0 Å². The summed E-state index contributed by atoms with van der Waals surface area (Å²) in [5.41, 5.74) is 0. The summed E-state index contributed by atoms with van der Waals surface area (Å²) in [6, 6.07) is 0. The van der Waals surface area contributed by atoms with Crippen LogP contribution in [0.4, 0.5) is 0 Å². The Balaban J connectivity index is 4.03. The average molecular weight is 209 g/mol. The first-order valence-corrected chi connectivity index (χ1v) is 3.50. The minimum absolute atomic E-state index is 0.416. The molecule has 10 heavy (non-hydrogen) atoms. The van der Waals surface area contributed by atoms with Gasteiger partial charge in [-0.15, -0.1) is 0 Å². The minimum atomic E-state index is -0.668. The average Bonchev–Trinajstić information content (AvgIpc) is 1.87. The van der Waals surface area contributed by atoms with Gasteiger partial charge < -0.3 is 9.84 Å². The molecule has 0 aromatic rings. The van der Waals surface area contributed by atoms with Gasteiger partial charge in [0.05, 0.1) is 13.2 Å². The van der Waals surface area contributed by atoms with E-state index in [2.05, 4.69) is 20.7 Å². The van der Waals surface area contributed by atoms with Crippen molar-refractivity contribution in [2.24, 2.45) is 0 Å². The molecular weight excluding hydrogens is 200 g/mol. The van der Waals surface area contributed by atoms with Crippen molar-refractivity contribution < 1.29 is 14.6 Å². The molecule has 0 spiro atoms. The molecule has 0 aliphatic carbocycles. The van der Waals surface area contributed by atoms with Crippen molar-refractivity contribution in [3.63, 3.8) is 0 Å².